The van der Waals surface area contributed by atoms with Gasteiger partial charge in [0.15, 0.2) is 0 Å². The van der Waals surface area contributed by atoms with Gasteiger partial charge in [-0.25, -0.2) is 4.39 Å². The van der Waals surface area contributed by atoms with Crippen LogP contribution in [0.1, 0.15) is 23.7 Å². The standard InChI is InChI=1S/C11H14FNO2/c1-3-6-13(2)11(15)9-5-4-8(12)7-10(9)14/h4-5,7,14H,3,6H2,1-2H3. The van der Waals surface area contributed by atoms with E-state index in [4.69, 9.17) is 0 Å². The second-order valence-corrected chi connectivity index (χ2v) is 3.39. The number of rotatable bonds is 3. The first kappa shape index (κ1) is 11.5. The number of benzene rings is 1. The molecule has 0 aliphatic heterocycles. The molecule has 0 fully saturated rings. The maximum atomic E-state index is 12.7. The van der Waals surface area contributed by atoms with Gasteiger partial charge in [-0.15, -0.1) is 0 Å². The lowest BCUT2D eigenvalue weighted by Gasteiger charge is -2.16. The van der Waals surface area contributed by atoms with Crippen LogP contribution in [0.5, 0.6) is 5.75 Å². The van der Waals surface area contributed by atoms with Crippen LogP contribution in [0.15, 0.2) is 18.2 Å². The molecule has 0 atom stereocenters. The molecular formula is C11H14FNO2. The lowest BCUT2D eigenvalue weighted by atomic mass is 10.1. The van der Waals surface area contributed by atoms with E-state index in [-0.39, 0.29) is 17.2 Å². The third kappa shape index (κ3) is 2.68. The highest BCUT2D eigenvalue weighted by atomic mass is 19.1. The van der Waals surface area contributed by atoms with E-state index >= 15 is 0 Å². The Morgan fingerprint density at radius 3 is 2.73 bits per heavy atom. The topological polar surface area (TPSA) is 40.5 Å². The average Bonchev–Trinajstić information content (AvgIpc) is 2.17. The van der Waals surface area contributed by atoms with Crippen molar-refractivity contribution in [2.75, 3.05) is 13.6 Å². The van der Waals surface area contributed by atoms with Crippen molar-refractivity contribution in [2.45, 2.75) is 13.3 Å². The Morgan fingerprint density at radius 2 is 2.20 bits per heavy atom. The van der Waals surface area contributed by atoms with Crippen LogP contribution in [0.3, 0.4) is 0 Å². The van der Waals surface area contributed by atoms with Gasteiger partial charge in [0, 0.05) is 19.7 Å². The molecule has 0 saturated carbocycles. The predicted molar refractivity (Wildman–Crippen MR) is 55.3 cm³/mol. The van der Waals surface area contributed by atoms with Crippen molar-refractivity contribution >= 4 is 5.91 Å². The molecule has 0 aromatic heterocycles. The molecule has 4 heteroatoms. The highest BCUT2D eigenvalue weighted by Gasteiger charge is 2.15. The molecule has 0 unspecified atom stereocenters. The van der Waals surface area contributed by atoms with E-state index < -0.39 is 5.82 Å². The van der Waals surface area contributed by atoms with Gasteiger partial charge in [-0.1, -0.05) is 6.92 Å². The van der Waals surface area contributed by atoms with Crippen molar-refractivity contribution < 1.29 is 14.3 Å². The Balaban J connectivity index is 2.91. The third-order valence-electron chi connectivity index (χ3n) is 2.10. The van der Waals surface area contributed by atoms with Crippen molar-refractivity contribution in [3.05, 3.63) is 29.6 Å². The number of amides is 1. The zero-order chi connectivity index (χ0) is 11.4. The summed E-state index contributed by atoms with van der Waals surface area (Å²) in [4.78, 5) is 13.2. The molecule has 1 aromatic carbocycles. The largest absolute Gasteiger partial charge is 0.507 e. The van der Waals surface area contributed by atoms with Crippen molar-refractivity contribution in [2.24, 2.45) is 0 Å². The van der Waals surface area contributed by atoms with Crippen LogP contribution in [0.25, 0.3) is 0 Å². The van der Waals surface area contributed by atoms with Crippen molar-refractivity contribution in [1.82, 2.24) is 4.90 Å². The van der Waals surface area contributed by atoms with E-state index in [1.165, 1.54) is 11.0 Å². The summed E-state index contributed by atoms with van der Waals surface area (Å²) in [6.07, 6.45) is 0.837. The molecular weight excluding hydrogens is 197 g/mol. The van der Waals surface area contributed by atoms with E-state index in [2.05, 4.69) is 0 Å². The molecule has 0 bridgehead atoms. The summed E-state index contributed by atoms with van der Waals surface area (Å²) in [5, 5.41) is 9.39. The minimum Gasteiger partial charge on any atom is -0.507 e. The van der Waals surface area contributed by atoms with E-state index in [1.54, 1.807) is 7.05 Å². The number of halogens is 1. The maximum absolute atomic E-state index is 12.7. The quantitative estimate of drug-likeness (QED) is 0.830. The van der Waals surface area contributed by atoms with Gasteiger partial charge in [0.05, 0.1) is 5.56 Å². The number of hydrogen-bond donors (Lipinski definition) is 1. The fourth-order valence-electron chi connectivity index (χ4n) is 1.33. The Labute approximate surface area is 88.1 Å². The second-order valence-electron chi connectivity index (χ2n) is 3.39. The maximum Gasteiger partial charge on any atom is 0.257 e. The first-order chi connectivity index (χ1) is 7.06. The van der Waals surface area contributed by atoms with Gasteiger partial charge in [-0.3, -0.25) is 4.79 Å². The van der Waals surface area contributed by atoms with Crippen LogP contribution in [0, 0.1) is 5.82 Å². The van der Waals surface area contributed by atoms with Gasteiger partial charge in [-0.2, -0.15) is 0 Å². The monoisotopic (exact) mass is 211 g/mol. The average molecular weight is 211 g/mol. The molecule has 1 amide bonds. The van der Waals surface area contributed by atoms with E-state index in [0.29, 0.717) is 6.54 Å². The number of phenols is 1. The van der Waals surface area contributed by atoms with Crippen molar-refractivity contribution in [1.29, 1.82) is 0 Å². The van der Waals surface area contributed by atoms with Crippen LogP contribution in [-0.2, 0) is 0 Å². The smallest absolute Gasteiger partial charge is 0.257 e. The minimum atomic E-state index is -0.554. The summed E-state index contributed by atoms with van der Waals surface area (Å²) < 4.78 is 12.7. The highest BCUT2D eigenvalue weighted by molar-refractivity contribution is 5.96. The van der Waals surface area contributed by atoms with Gasteiger partial charge in [-0.05, 0) is 18.6 Å². The van der Waals surface area contributed by atoms with Gasteiger partial charge in [0.2, 0.25) is 0 Å². The second kappa shape index (κ2) is 4.77. The molecule has 3 nitrogen and oxygen atoms in total. The molecule has 82 valence electrons. The Kier molecular flexibility index (Phi) is 3.66. The molecule has 0 heterocycles. The zero-order valence-corrected chi connectivity index (χ0v) is 8.83. The molecule has 0 spiro atoms. The number of aromatic hydroxyl groups is 1. The predicted octanol–water partition coefficient (Wildman–Crippen LogP) is 2.01. The first-order valence-electron chi connectivity index (χ1n) is 4.80. The Morgan fingerprint density at radius 1 is 1.53 bits per heavy atom. The zero-order valence-electron chi connectivity index (χ0n) is 8.83. The van der Waals surface area contributed by atoms with Gasteiger partial charge in [0.1, 0.15) is 11.6 Å². The van der Waals surface area contributed by atoms with Crippen LogP contribution in [0.4, 0.5) is 4.39 Å². The number of phenolic OH excluding ortho intramolecular Hbond substituents is 1. The lowest BCUT2D eigenvalue weighted by Crippen LogP contribution is -2.27. The SMILES string of the molecule is CCCN(C)C(=O)c1ccc(F)cc1O. The van der Waals surface area contributed by atoms with E-state index in [1.807, 2.05) is 6.92 Å². The van der Waals surface area contributed by atoms with Crippen LogP contribution in [-0.4, -0.2) is 29.5 Å². The molecule has 1 N–H and O–H groups in total. The van der Waals surface area contributed by atoms with E-state index in [9.17, 15) is 14.3 Å². The molecule has 1 aromatic rings. The summed E-state index contributed by atoms with van der Waals surface area (Å²) in [5.41, 5.74) is 0.132. The van der Waals surface area contributed by atoms with Crippen molar-refractivity contribution in [3.63, 3.8) is 0 Å². The fraction of sp³-hybridized carbons (Fsp3) is 0.364. The summed E-state index contributed by atoms with van der Waals surface area (Å²) >= 11 is 0. The summed E-state index contributed by atoms with van der Waals surface area (Å²) in [7, 11) is 1.65. The molecule has 15 heavy (non-hydrogen) atoms. The van der Waals surface area contributed by atoms with Gasteiger partial charge < -0.3 is 10.0 Å². The Hall–Kier alpha value is -1.58. The first-order valence-corrected chi connectivity index (χ1v) is 4.80. The third-order valence-corrected chi connectivity index (χ3v) is 2.10. The minimum absolute atomic E-state index is 0.132. The van der Waals surface area contributed by atoms with E-state index in [0.717, 1.165) is 18.6 Å². The van der Waals surface area contributed by atoms with Crippen molar-refractivity contribution in [3.8, 4) is 5.75 Å². The number of carbonyl (C=O) groups is 1. The van der Waals surface area contributed by atoms with Gasteiger partial charge >= 0.3 is 0 Å². The normalized spacial score (nSPS) is 10.1. The summed E-state index contributed by atoms with van der Waals surface area (Å²) in [5.74, 6) is -1.17. The summed E-state index contributed by atoms with van der Waals surface area (Å²) in [6.45, 7) is 2.56. The lowest BCUT2D eigenvalue weighted by molar-refractivity contribution is 0.0792. The van der Waals surface area contributed by atoms with Crippen LogP contribution in [0.2, 0.25) is 0 Å². The number of carbonyl (C=O) groups excluding carboxylic acids is 1. The highest BCUT2D eigenvalue weighted by Crippen LogP contribution is 2.19. The molecule has 0 saturated heterocycles. The van der Waals surface area contributed by atoms with Crippen LogP contribution < -0.4 is 0 Å². The van der Waals surface area contributed by atoms with Crippen LogP contribution >= 0.6 is 0 Å². The number of hydrogen-bond acceptors (Lipinski definition) is 2. The summed E-state index contributed by atoms with van der Waals surface area (Å²) in [6, 6.07) is 3.39. The molecule has 0 aliphatic carbocycles. The fourth-order valence-corrected chi connectivity index (χ4v) is 1.33. The molecule has 0 radical (unpaired) electrons. The van der Waals surface area contributed by atoms with Gasteiger partial charge in [0.25, 0.3) is 5.91 Å². The Bertz CT molecular complexity index is 366. The molecule has 0 aliphatic rings. The molecule has 1 rings (SSSR count). The number of nitrogens with zero attached hydrogens (tertiary/aromatic N) is 1.